The lowest BCUT2D eigenvalue weighted by Gasteiger charge is -2.23. The quantitative estimate of drug-likeness (QED) is 0.157. The number of aryl methyl sites for hydroxylation is 1. The van der Waals surface area contributed by atoms with Crippen molar-refractivity contribution in [1.82, 2.24) is 29.9 Å². The lowest BCUT2D eigenvalue weighted by atomic mass is 9.94. The SMILES string of the molecule is Cn1nc(NS(C)=O)c2c(Cl)ccc(-c3cc(Br)cnc3C(Cc3cc(F)cc(F)c3)NC(=O)n3nc(C(F)F)c4c3C(F)(F)CC4)c21. The Balaban J connectivity index is 1.53. The van der Waals surface area contributed by atoms with Gasteiger partial charge in [0.2, 0.25) is 0 Å². The van der Waals surface area contributed by atoms with Gasteiger partial charge >= 0.3 is 6.03 Å². The number of rotatable bonds is 8. The Kier molecular flexibility index (Phi) is 9.06. The first-order chi connectivity index (χ1) is 22.6. The second kappa shape index (κ2) is 12.8. The van der Waals surface area contributed by atoms with E-state index in [1.165, 1.54) is 17.1 Å². The first-order valence-electron chi connectivity index (χ1n) is 14.1. The maximum absolute atomic E-state index is 14.9. The number of pyridine rings is 1. The van der Waals surface area contributed by atoms with Gasteiger partial charge in [-0.25, -0.2) is 26.6 Å². The van der Waals surface area contributed by atoms with Gasteiger partial charge in [-0.1, -0.05) is 17.7 Å². The Bertz CT molecular complexity index is 2110. The van der Waals surface area contributed by atoms with E-state index in [0.29, 0.717) is 32.6 Å². The number of alkyl halides is 4. The molecule has 5 aromatic rings. The van der Waals surface area contributed by atoms with Gasteiger partial charge in [-0.15, -0.1) is 0 Å². The Morgan fingerprint density at radius 2 is 1.81 bits per heavy atom. The van der Waals surface area contributed by atoms with Gasteiger partial charge in [0.05, 0.1) is 27.7 Å². The summed E-state index contributed by atoms with van der Waals surface area (Å²) in [5.74, 6) is -5.22. The van der Waals surface area contributed by atoms with Crippen molar-refractivity contribution in [3.05, 3.63) is 91.9 Å². The van der Waals surface area contributed by atoms with E-state index >= 15 is 0 Å². The average molecular weight is 775 g/mol. The molecule has 252 valence electrons. The smallest absolute Gasteiger partial charge is 0.327 e. The van der Waals surface area contributed by atoms with Gasteiger partial charge in [-0.05, 0) is 58.6 Å². The van der Waals surface area contributed by atoms with Gasteiger partial charge in [-0.2, -0.15) is 23.7 Å². The van der Waals surface area contributed by atoms with Crippen molar-refractivity contribution < 1.29 is 35.3 Å². The van der Waals surface area contributed by atoms with Crippen molar-refractivity contribution >= 4 is 61.3 Å². The fraction of sp³-hybridized carbons (Fsp3) is 0.267. The summed E-state index contributed by atoms with van der Waals surface area (Å²) in [4.78, 5) is 18.2. The standard InChI is InChI=1S/C30H23BrClF6N7O2S/c1-44-25-17(3-4-20(32)22(25)28(42-44)43-48(2)47)19-10-14(31)12-39-23(19)21(9-13-7-15(33)11-16(34)8-13)40-29(46)45-26-18(5-6-30(26,37)38)24(41-45)27(35)36/h3-4,7-8,10-12,21,27H,5-6,9H2,1-2H3,(H,40,46)(H,42,43). The Labute approximate surface area is 284 Å². The number of amides is 1. The van der Waals surface area contributed by atoms with Crippen LogP contribution >= 0.6 is 27.5 Å². The third-order valence-electron chi connectivity index (χ3n) is 7.79. The van der Waals surface area contributed by atoms with E-state index in [1.54, 1.807) is 25.2 Å². The molecule has 0 radical (unpaired) electrons. The second-order valence-corrected chi connectivity index (χ2v) is 13.5. The normalized spacial score (nSPS) is 15.1. The first-order valence-corrected chi connectivity index (χ1v) is 16.8. The number of carbonyl (C=O) groups is 1. The molecule has 2 aromatic carbocycles. The van der Waals surface area contributed by atoms with Crippen LogP contribution in [0.1, 0.15) is 47.1 Å². The van der Waals surface area contributed by atoms with Crippen LogP contribution in [0, 0.1) is 11.6 Å². The molecular weight excluding hydrogens is 752 g/mol. The van der Waals surface area contributed by atoms with Crippen LogP contribution in [0.5, 0.6) is 0 Å². The molecule has 18 heteroatoms. The van der Waals surface area contributed by atoms with Crippen LogP contribution in [0.3, 0.4) is 0 Å². The number of fused-ring (bicyclic) bond motifs is 2. The summed E-state index contributed by atoms with van der Waals surface area (Å²) < 4.78 is 103. The van der Waals surface area contributed by atoms with E-state index in [-0.39, 0.29) is 33.2 Å². The molecule has 3 aromatic heterocycles. The predicted molar refractivity (Wildman–Crippen MR) is 170 cm³/mol. The molecule has 0 bridgehead atoms. The van der Waals surface area contributed by atoms with Gasteiger partial charge in [0.15, 0.2) is 5.82 Å². The summed E-state index contributed by atoms with van der Waals surface area (Å²) in [5, 5.41) is 11.2. The Morgan fingerprint density at radius 3 is 2.48 bits per heavy atom. The number of anilines is 1. The van der Waals surface area contributed by atoms with E-state index in [9.17, 15) is 35.3 Å². The molecular formula is C30H23BrClF6N7O2S. The van der Waals surface area contributed by atoms with Crippen molar-refractivity contribution in [2.75, 3.05) is 11.0 Å². The van der Waals surface area contributed by atoms with Crippen molar-refractivity contribution in [1.29, 1.82) is 0 Å². The molecule has 0 spiro atoms. The van der Waals surface area contributed by atoms with Crippen molar-refractivity contribution in [3.8, 4) is 11.1 Å². The largest absolute Gasteiger partial charge is 0.343 e. The minimum absolute atomic E-state index is 0.0662. The highest BCUT2D eigenvalue weighted by molar-refractivity contribution is 9.10. The highest BCUT2D eigenvalue weighted by Crippen LogP contribution is 2.45. The molecule has 48 heavy (non-hydrogen) atoms. The number of benzene rings is 2. The molecule has 0 saturated carbocycles. The van der Waals surface area contributed by atoms with Crippen molar-refractivity contribution in [2.45, 2.75) is 37.7 Å². The van der Waals surface area contributed by atoms with E-state index in [0.717, 1.165) is 12.1 Å². The van der Waals surface area contributed by atoms with Crippen LogP contribution in [-0.2, 0) is 36.8 Å². The average Bonchev–Trinajstić information content (AvgIpc) is 3.64. The molecule has 2 unspecified atom stereocenters. The minimum Gasteiger partial charge on any atom is -0.327 e. The third kappa shape index (κ3) is 6.30. The van der Waals surface area contributed by atoms with Crippen LogP contribution in [0.4, 0.5) is 37.0 Å². The number of hydrogen-bond acceptors (Lipinski definition) is 5. The number of aromatic nitrogens is 5. The summed E-state index contributed by atoms with van der Waals surface area (Å²) >= 11 is 9.94. The molecule has 9 nitrogen and oxygen atoms in total. The summed E-state index contributed by atoms with van der Waals surface area (Å²) in [7, 11) is 0.102. The molecule has 2 N–H and O–H groups in total. The molecule has 0 aliphatic heterocycles. The number of nitrogens with zero attached hydrogens (tertiary/aromatic N) is 5. The van der Waals surface area contributed by atoms with E-state index in [1.807, 2.05) is 0 Å². The third-order valence-corrected chi connectivity index (χ3v) is 9.02. The number of hydrogen-bond donors (Lipinski definition) is 2. The molecule has 6 rings (SSSR count). The summed E-state index contributed by atoms with van der Waals surface area (Å²) in [6.45, 7) is 0. The topological polar surface area (TPSA) is 107 Å². The fourth-order valence-corrected chi connectivity index (χ4v) is 6.94. The highest BCUT2D eigenvalue weighted by atomic mass is 79.9. The summed E-state index contributed by atoms with van der Waals surface area (Å²) in [5.41, 5.74) is -0.851. The molecule has 1 aliphatic rings. The molecule has 1 amide bonds. The van der Waals surface area contributed by atoms with Gasteiger partial charge in [0.1, 0.15) is 34.0 Å². The van der Waals surface area contributed by atoms with Gasteiger partial charge in [0, 0.05) is 53.2 Å². The van der Waals surface area contributed by atoms with Gasteiger partial charge < -0.3 is 5.32 Å². The Morgan fingerprint density at radius 1 is 1.10 bits per heavy atom. The maximum Gasteiger partial charge on any atom is 0.343 e. The maximum atomic E-state index is 14.9. The second-order valence-electron chi connectivity index (χ2n) is 11.0. The molecule has 2 atom stereocenters. The van der Waals surface area contributed by atoms with Crippen LogP contribution in [0.15, 0.2) is 47.1 Å². The minimum atomic E-state index is -3.61. The van der Waals surface area contributed by atoms with Crippen LogP contribution < -0.4 is 10.0 Å². The monoisotopic (exact) mass is 773 g/mol. The zero-order chi connectivity index (χ0) is 34.7. The summed E-state index contributed by atoms with van der Waals surface area (Å²) in [6, 6.07) is 4.99. The van der Waals surface area contributed by atoms with E-state index in [4.69, 9.17) is 11.6 Å². The zero-order valence-corrected chi connectivity index (χ0v) is 28.0. The fourth-order valence-electron chi connectivity index (χ4n) is 5.95. The lowest BCUT2D eigenvalue weighted by Crippen LogP contribution is -2.37. The van der Waals surface area contributed by atoms with Crippen LogP contribution in [-0.4, -0.2) is 41.0 Å². The highest BCUT2D eigenvalue weighted by Gasteiger charge is 2.47. The lowest BCUT2D eigenvalue weighted by molar-refractivity contribution is -0.00911. The van der Waals surface area contributed by atoms with Crippen molar-refractivity contribution in [3.63, 3.8) is 0 Å². The predicted octanol–water partition coefficient (Wildman–Crippen LogP) is 7.75. The molecule has 1 aliphatic carbocycles. The molecule has 0 saturated heterocycles. The summed E-state index contributed by atoms with van der Waals surface area (Å²) in [6.07, 6.45) is -1.91. The number of halogens is 8. The van der Waals surface area contributed by atoms with Gasteiger partial charge in [-0.3, -0.25) is 14.4 Å². The molecule has 3 heterocycles. The van der Waals surface area contributed by atoms with E-state index < -0.39 is 76.8 Å². The van der Waals surface area contributed by atoms with E-state index in [2.05, 4.69) is 41.2 Å². The van der Waals surface area contributed by atoms with Crippen LogP contribution in [0.2, 0.25) is 5.02 Å². The van der Waals surface area contributed by atoms with Crippen molar-refractivity contribution in [2.24, 2.45) is 7.05 Å². The first kappa shape index (κ1) is 33.9. The number of nitrogens with one attached hydrogen (secondary N) is 2. The van der Waals surface area contributed by atoms with Gasteiger partial charge in [0.25, 0.3) is 12.3 Å². The van der Waals surface area contributed by atoms with Crippen LogP contribution in [0.25, 0.3) is 22.0 Å². The number of carbonyl (C=O) groups excluding carboxylic acids is 1. The Hall–Kier alpha value is -3.96. The zero-order valence-electron chi connectivity index (χ0n) is 24.8. The molecule has 0 fully saturated rings.